The Kier molecular flexibility index (Phi) is 5.05. The standard InChI is InChI=1S/C17H16N2O4/c1-21-14-9-16(23-3)15(22-2)8-13(14)17(20)19-12-6-4-11(10-18)5-7-12/h4-9H,1-3H3,(H,19,20). The number of hydrogen-bond donors (Lipinski definition) is 1. The first-order valence-electron chi connectivity index (χ1n) is 6.74. The van der Waals surface area contributed by atoms with Crippen LogP contribution in [0, 0.1) is 11.3 Å². The van der Waals surface area contributed by atoms with Crippen LogP contribution in [0.2, 0.25) is 0 Å². The van der Waals surface area contributed by atoms with Crippen LogP contribution in [0.15, 0.2) is 36.4 Å². The third-order valence-electron chi connectivity index (χ3n) is 3.22. The Hall–Kier alpha value is -3.20. The minimum Gasteiger partial charge on any atom is -0.496 e. The van der Waals surface area contributed by atoms with Gasteiger partial charge >= 0.3 is 0 Å². The zero-order valence-corrected chi connectivity index (χ0v) is 13.0. The zero-order chi connectivity index (χ0) is 16.8. The highest BCUT2D eigenvalue weighted by atomic mass is 16.5. The molecule has 0 heterocycles. The summed E-state index contributed by atoms with van der Waals surface area (Å²) in [5, 5.41) is 11.5. The molecule has 0 bridgehead atoms. The summed E-state index contributed by atoms with van der Waals surface area (Å²) < 4.78 is 15.6. The van der Waals surface area contributed by atoms with Crippen molar-refractivity contribution in [1.82, 2.24) is 0 Å². The second kappa shape index (κ2) is 7.18. The Bertz CT molecular complexity index is 748. The summed E-state index contributed by atoms with van der Waals surface area (Å²) >= 11 is 0. The van der Waals surface area contributed by atoms with Gasteiger partial charge < -0.3 is 19.5 Å². The average molecular weight is 312 g/mol. The Balaban J connectivity index is 2.32. The lowest BCUT2D eigenvalue weighted by molar-refractivity contribution is 0.102. The van der Waals surface area contributed by atoms with E-state index in [0.29, 0.717) is 34.1 Å². The number of carbonyl (C=O) groups is 1. The van der Waals surface area contributed by atoms with Gasteiger partial charge in [-0.05, 0) is 24.3 Å². The van der Waals surface area contributed by atoms with Gasteiger partial charge in [-0.2, -0.15) is 5.26 Å². The molecule has 23 heavy (non-hydrogen) atoms. The smallest absolute Gasteiger partial charge is 0.259 e. The molecule has 0 spiro atoms. The molecular weight excluding hydrogens is 296 g/mol. The normalized spacial score (nSPS) is 9.65. The van der Waals surface area contributed by atoms with Crippen molar-refractivity contribution in [3.05, 3.63) is 47.5 Å². The number of rotatable bonds is 5. The SMILES string of the molecule is COc1cc(OC)c(C(=O)Nc2ccc(C#N)cc2)cc1OC. The Morgan fingerprint density at radius 2 is 1.52 bits per heavy atom. The summed E-state index contributed by atoms with van der Waals surface area (Å²) in [6.45, 7) is 0. The highest BCUT2D eigenvalue weighted by molar-refractivity contribution is 6.06. The Morgan fingerprint density at radius 1 is 0.957 bits per heavy atom. The van der Waals surface area contributed by atoms with E-state index in [1.807, 2.05) is 6.07 Å². The van der Waals surface area contributed by atoms with Gasteiger partial charge in [-0.15, -0.1) is 0 Å². The quantitative estimate of drug-likeness (QED) is 0.918. The molecule has 0 fully saturated rings. The number of carbonyl (C=O) groups excluding carboxylic acids is 1. The number of anilines is 1. The first-order valence-corrected chi connectivity index (χ1v) is 6.74. The van der Waals surface area contributed by atoms with Crippen LogP contribution >= 0.6 is 0 Å². The van der Waals surface area contributed by atoms with Crippen LogP contribution in [-0.2, 0) is 0 Å². The molecule has 0 aromatic heterocycles. The molecule has 6 nitrogen and oxygen atoms in total. The third-order valence-corrected chi connectivity index (χ3v) is 3.22. The predicted octanol–water partition coefficient (Wildman–Crippen LogP) is 2.84. The van der Waals surface area contributed by atoms with Crippen LogP contribution in [0.25, 0.3) is 0 Å². The topological polar surface area (TPSA) is 80.6 Å². The van der Waals surface area contributed by atoms with Gasteiger partial charge in [0.2, 0.25) is 0 Å². The Labute approximate surface area is 134 Å². The van der Waals surface area contributed by atoms with E-state index < -0.39 is 0 Å². The first-order chi connectivity index (χ1) is 11.1. The van der Waals surface area contributed by atoms with E-state index in [1.165, 1.54) is 21.3 Å². The van der Waals surface area contributed by atoms with Crippen molar-refractivity contribution in [1.29, 1.82) is 5.26 Å². The molecule has 2 aromatic rings. The van der Waals surface area contributed by atoms with Crippen molar-refractivity contribution in [2.24, 2.45) is 0 Å². The molecule has 0 aliphatic rings. The largest absolute Gasteiger partial charge is 0.496 e. The van der Waals surface area contributed by atoms with Crippen molar-refractivity contribution >= 4 is 11.6 Å². The van der Waals surface area contributed by atoms with Gasteiger partial charge in [-0.25, -0.2) is 0 Å². The minimum absolute atomic E-state index is 0.314. The van der Waals surface area contributed by atoms with Gasteiger partial charge in [0, 0.05) is 17.8 Å². The van der Waals surface area contributed by atoms with Crippen LogP contribution < -0.4 is 19.5 Å². The van der Waals surface area contributed by atoms with Gasteiger partial charge in [0.15, 0.2) is 11.5 Å². The van der Waals surface area contributed by atoms with Crippen LogP contribution in [0.4, 0.5) is 5.69 Å². The number of benzene rings is 2. The summed E-state index contributed by atoms with van der Waals surface area (Å²) in [5.41, 5.74) is 1.41. The lowest BCUT2D eigenvalue weighted by atomic mass is 10.1. The van der Waals surface area contributed by atoms with E-state index in [1.54, 1.807) is 36.4 Å². The number of hydrogen-bond acceptors (Lipinski definition) is 5. The fraction of sp³-hybridized carbons (Fsp3) is 0.176. The third kappa shape index (κ3) is 3.52. The molecule has 118 valence electrons. The molecule has 0 saturated heterocycles. The van der Waals surface area contributed by atoms with E-state index in [-0.39, 0.29) is 5.91 Å². The lowest BCUT2D eigenvalue weighted by Gasteiger charge is -2.14. The van der Waals surface area contributed by atoms with Crippen molar-refractivity contribution in [3.8, 4) is 23.3 Å². The lowest BCUT2D eigenvalue weighted by Crippen LogP contribution is -2.13. The first kappa shape index (κ1) is 16.2. The van der Waals surface area contributed by atoms with E-state index in [0.717, 1.165) is 0 Å². The molecular formula is C17H16N2O4. The molecule has 1 amide bonds. The highest BCUT2D eigenvalue weighted by Crippen LogP contribution is 2.34. The Morgan fingerprint density at radius 3 is 2.04 bits per heavy atom. The maximum absolute atomic E-state index is 12.5. The fourth-order valence-corrected chi connectivity index (χ4v) is 2.03. The fourth-order valence-electron chi connectivity index (χ4n) is 2.03. The van der Waals surface area contributed by atoms with Crippen LogP contribution in [-0.4, -0.2) is 27.2 Å². The molecule has 1 N–H and O–H groups in total. The van der Waals surface area contributed by atoms with Crippen molar-refractivity contribution in [3.63, 3.8) is 0 Å². The second-order valence-electron chi connectivity index (χ2n) is 4.55. The molecule has 0 aliphatic heterocycles. The van der Waals surface area contributed by atoms with Crippen molar-refractivity contribution in [2.75, 3.05) is 26.6 Å². The summed E-state index contributed by atoms with van der Waals surface area (Å²) in [7, 11) is 4.47. The van der Waals surface area contributed by atoms with Gasteiger partial charge in [0.1, 0.15) is 5.75 Å². The summed E-state index contributed by atoms with van der Waals surface area (Å²) in [6, 6.07) is 11.7. The highest BCUT2D eigenvalue weighted by Gasteiger charge is 2.17. The summed E-state index contributed by atoms with van der Waals surface area (Å²) in [6.07, 6.45) is 0. The molecule has 0 radical (unpaired) electrons. The number of nitrogens with zero attached hydrogens (tertiary/aromatic N) is 1. The molecule has 0 atom stereocenters. The van der Waals surface area contributed by atoms with Crippen molar-refractivity contribution < 1.29 is 19.0 Å². The van der Waals surface area contributed by atoms with Crippen LogP contribution in [0.3, 0.4) is 0 Å². The van der Waals surface area contributed by atoms with Gasteiger partial charge in [-0.3, -0.25) is 4.79 Å². The number of nitriles is 1. The molecule has 2 rings (SSSR count). The predicted molar refractivity (Wildman–Crippen MR) is 85.2 cm³/mol. The maximum Gasteiger partial charge on any atom is 0.259 e. The number of methoxy groups -OCH3 is 3. The molecule has 2 aromatic carbocycles. The average Bonchev–Trinajstić information content (AvgIpc) is 2.60. The molecule has 6 heteroatoms. The molecule has 0 aliphatic carbocycles. The maximum atomic E-state index is 12.5. The minimum atomic E-state index is -0.354. The van der Waals surface area contributed by atoms with E-state index in [9.17, 15) is 4.79 Å². The van der Waals surface area contributed by atoms with Gasteiger partial charge in [0.25, 0.3) is 5.91 Å². The van der Waals surface area contributed by atoms with Crippen LogP contribution in [0.5, 0.6) is 17.2 Å². The number of amides is 1. The van der Waals surface area contributed by atoms with E-state index >= 15 is 0 Å². The monoisotopic (exact) mass is 312 g/mol. The van der Waals surface area contributed by atoms with E-state index in [4.69, 9.17) is 19.5 Å². The summed E-state index contributed by atoms with van der Waals surface area (Å²) in [5.74, 6) is 0.916. The van der Waals surface area contributed by atoms with Gasteiger partial charge in [-0.1, -0.05) is 0 Å². The van der Waals surface area contributed by atoms with Gasteiger partial charge in [0.05, 0.1) is 38.5 Å². The van der Waals surface area contributed by atoms with Crippen LogP contribution in [0.1, 0.15) is 15.9 Å². The zero-order valence-electron chi connectivity index (χ0n) is 13.0. The second-order valence-corrected chi connectivity index (χ2v) is 4.55. The van der Waals surface area contributed by atoms with E-state index in [2.05, 4.69) is 5.32 Å². The number of ether oxygens (including phenoxy) is 3. The molecule has 0 unspecified atom stereocenters. The summed E-state index contributed by atoms with van der Waals surface area (Å²) in [4.78, 5) is 12.5. The number of nitrogens with one attached hydrogen (secondary N) is 1. The molecule has 0 saturated carbocycles. The van der Waals surface area contributed by atoms with Crippen molar-refractivity contribution in [2.45, 2.75) is 0 Å².